The highest BCUT2D eigenvalue weighted by Gasteiger charge is 2.30. The van der Waals surface area contributed by atoms with E-state index in [0.29, 0.717) is 22.7 Å². The third-order valence-electron chi connectivity index (χ3n) is 4.97. The maximum atomic E-state index is 14.1. The number of methoxy groups -OCH3 is 1. The van der Waals surface area contributed by atoms with Crippen LogP contribution >= 0.6 is 11.8 Å². The summed E-state index contributed by atoms with van der Waals surface area (Å²) in [6.45, 7) is 0.195. The van der Waals surface area contributed by atoms with Crippen molar-refractivity contribution >= 4 is 35.3 Å². The molecule has 1 N–H and O–H groups in total. The fraction of sp³-hybridized carbons (Fsp3) is 0.120. The number of amides is 2. The van der Waals surface area contributed by atoms with Gasteiger partial charge in [-0.1, -0.05) is 54.2 Å². The number of halogens is 1. The SMILES string of the molecule is COc1ccc(CNC(=O)CN2C(=O)/C(=C/c3ccccc3F)Sc3ccccc32)cc1. The molecule has 0 radical (unpaired) electrons. The topological polar surface area (TPSA) is 58.6 Å². The van der Waals surface area contributed by atoms with Gasteiger partial charge in [-0.2, -0.15) is 0 Å². The van der Waals surface area contributed by atoms with E-state index in [1.54, 1.807) is 31.4 Å². The van der Waals surface area contributed by atoms with Crippen LogP contribution in [0, 0.1) is 5.82 Å². The lowest BCUT2D eigenvalue weighted by molar-refractivity contribution is -0.122. The van der Waals surface area contributed by atoms with Gasteiger partial charge in [-0.05, 0) is 42.0 Å². The number of ether oxygens (including phenoxy) is 1. The number of nitrogens with one attached hydrogen (secondary N) is 1. The number of hydrogen-bond acceptors (Lipinski definition) is 4. The average Bonchev–Trinajstić information content (AvgIpc) is 2.82. The van der Waals surface area contributed by atoms with Gasteiger partial charge in [0.25, 0.3) is 5.91 Å². The second-order valence-corrected chi connectivity index (χ2v) is 8.20. The molecule has 1 aliphatic heterocycles. The first-order chi connectivity index (χ1) is 15.5. The molecule has 5 nitrogen and oxygen atoms in total. The largest absolute Gasteiger partial charge is 0.497 e. The standard InChI is InChI=1S/C25H21FN2O3S/c1-31-19-12-10-17(11-13-19)15-27-24(29)16-28-21-8-4-5-9-22(21)32-23(25(28)30)14-18-6-2-3-7-20(18)26/h2-14H,15-16H2,1H3,(H,27,29)/b23-14-. The highest BCUT2D eigenvalue weighted by atomic mass is 32.2. The van der Waals surface area contributed by atoms with Crippen molar-refractivity contribution in [3.8, 4) is 5.75 Å². The van der Waals surface area contributed by atoms with Crippen molar-refractivity contribution in [3.63, 3.8) is 0 Å². The van der Waals surface area contributed by atoms with Gasteiger partial charge in [0.05, 0.1) is 17.7 Å². The maximum Gasteiger partial charge on any atom is 0.265 e. The Bertz CT molecular complexity index is 1180. The number of anilines is 1. The van der Waals surface area contributed by atoms with Gasteiger partial charge in [0.2, 0.25) is 5.91 Å². The van der Waals surface area contributed by atoms with Gasteiger partial charge < -0.3 is 10.1 Å². The Hall–Kier alpha value is -3.58. The van der Waals surface area contributed by atoms with Gasteiger partial charge in [-0.15, -0.1) is 0 Å². The molecule has 0 aliphatic carbocycles. The van der Waals surface area contributed by atoms with Crippen LogP contribution in [0.25, 0.3) is 6.08 Å². The third kappa shape index (κ3) is 4.84. The molecule has 0 saturated carbocycles. The number of carbonyl (C=O) groups is 2. The van der Waals surface area contributed by atoms with Crippen molar-refractivity contribution in [1.82, 2.24) is 5.32 Å². The molecule has 4 rings (SSSR count). The molecule has 3 aromatic carbocycles. The summed E-state index contributed by atoms with van der Waals surface area (Å²) in [5.74, 6) is -0.295. The number of nitrogens with zero attached hydrogens (tertiary/aromatic N) is 1. The normalized spacial score (nSPS) is 14.2. The van der Waals surface area contributed by atoms with Crippen molar-refractivity contribution in [3.05, 3.63) is 94.6 Å². The molecule has 0 spiro atoms. The quantitative estimate of drug-likeness (QED) is 0.559. The van der Waals surface area contributed by atoms with Crippen molar-refractivity contribution in [2.24, 2.45) is 0 Å². The Labute approximate surface area is 189 Å². The molecule has 1 aliphatic rings. The van der Waals surface area contributed by atoms with Crippen molar-refractivity contribution in [2.75, 3.05) is 18.6 Å². The summed E-state index contributed by atoms with van der Waals surface area (Å²) in [6, 6.07) is 21.0. The van der Waals surface area contributed by atoms with Gasteiger partial charge in [-0.25, -0.2) is 4.39 Å². The molecule has 0 fully saturated rings. The molecule has 1 heterocycles. The van der Waals surface area contributed by atoms with Gasteiger partial charge in [0.1, 0.15) is 18.1 Å². The number of benzene rings is 3. The number of para-hydroxylation sites is 1. The maximum absolute atomic E-state index is 14.1. The second kappa shape index (κ2) is 9.70. The van der Waals surface area contributed by atoms with Crippen LogP contribution in [0.4, 0.5) is 10.1 Å². The summed E-state index contributed by atoms with van der Waals surface area (Å²) >= 11 is 1.27. The summed E-state index contributed by atoms with van der Waals surface area (Å²) in [4.78, 5) is 28.5. The highest BCUT2D eigenvalue weighted by Crippen LogP contribution is 2.42. The van der Waals surface area contributed by atoms with Crippen LogP contribution in [0.5, 0.6) is 5.75 Å². The van der Waals surface area contributed by atoms with E-state index >= 15 is 0 Å². The lowest BCUT2D eigenvalue weighted by atomic mass is 10.2. The molecule has 0 atom stereocenters. The van der Waals surface area contributed by atoms with Crippen LogP contribution in [0.2, 0.25) is 0 Å². The van der Waals surface area contributed by atoms with Crippen LogP contribution in [0.3, 0.4) is 0 Å². The van der Waals surface area contributed by atoms with E-state index in [1.807, 2.05) is 42.5 Å². The number of fused-ring (bicyclic) bond motifs is 1. The highest BCUT2D eigenvalue weighted by molar-refractivity contribution is 8.04. The van der Waals surface area contributed by atoms with E-state index < -0.39 is 5.82 Å². The Kier molecular flexibility index (Phi) is 6.56. The number of thioether (sulfide) groups is 1. The van der Waals surface area contributed by atoms with E-state index in [1.165, 1.54) is 28.8 Å². The fourth-order valence-corrected chi connectivity index (χ4v) is 4.35. The van der Waals surface area contributed by atoms with E-state index in [0.717, 1.165) is 16.2 Å². The summed E-state index contributed by atoms with van der Waals surface area (Å²) in [5.41, 5.74) is 1.90. The molecule has 0 saturated heterocycles. The van der Waals surface area contributed by atoms with Crippen LogP contribution in [0.15, 0.2) is 82.6 Å². The Morgan fingerprint density at radius 3 is 2.53 bits per heavy atom. The average molecular weight is 449 g/mol. The summed E-state index contributed by atoms with van der Waals surface area (Å²) < 4.78 is 19.3. The zero-order valence-electron chi connectivity index (χ0n) is 17.4. The Morgan fingerprint density at radius 2 is 1.78 bits per heavy atom. The van der Waals surface area contributed by atoms with E-state index in [2.05, 4.69) is 5.32 Å². The number of hydrogen-bond donors (Lipinski definition) is 1. The fourth-order valence-electron chi connectivity index (χ4n) is 3.30. The minimum Gasteiger partial charge on any atom is -0.497 e. The van der Waals surface area contributed by atoms with Crippen LogP contribution in [0.1, 0.15) is 11.1 Å². The minimum absolute atomic E-state index is 0.138. The first-order valence-electron chi connectivity index (χ1n) is 10.00. The smallest absolute Gasteiger partial charge is 0.265 e. The van der Waals surface area contributed by atoms with Gasteiger partial charge in [0, 0.05) is 17.0 Å². The van der Waals surface area contributed by atoms with Crippen molar-refractivity contribution in [2.45, 2.75) is 11.4 Å². The third-order valence-corrected chi connectivity index (χ3v) is 6.05. The predicted molar refractivity (Wildman–Crippen MR) is 124 cm³/mol. The summed E-state index contributed by atoms with van der Waals surface area (Å²) in [7, 11) is 1.59. The monoisotopic (exact) mass is 448 g/mol. The number of carbonyl (C=O) groups excluding carboxylic acids is 2. The van der Waals surface area contributed by atoms with Gasteiger partial charge >= 0.3 is 0 Å². The van der Waals surface area contributed by atoms with Crippen LogP contribution in [-0.2, 0) is 16.1 Å². The van der Waals surface area contributed by atoms with Crippen molar-refractivity contribution < 1.29 is 18.7 Å². The molecule has 2 amide bonds. The molecule has 7 heteroatoms. The van der Waals surface area contributed by atoms with Gasteiger partial charge in [-0.3, -0.25) is 14.5 Å². The lowest BCUT2D eigenvalue weighted by Crippen LogP contribution is -2.42. The molecule has 32 heavy (non-hydrogen) atoms. The van der Waals surface area contributed by atoms with Gasteiger partial charge in [0.15, 0.2) is 0 Å². The summed E-state index contributed by atoms with van der Waals surface area (Å²) in [6.07, 6.45) is 1.53. The second-order valence-electron chi connectivity index (χ2n) is 7.12. The minimum atomic E-state index is -0.406. The first kappa shape index (κ1) is 21.6. The molecular formula is C25H21FN2O3S. The Balaban J connectivity index is 1.52. The number of rotatable bonds is 6. The summed E-state index contributed by atoms with van der Waals surface area (Å²) in [5, 5.41) is 2.85. The van der Waals surface area contributed by atoms with E-state index in [4.69, 9.17) is 4.74 Å². The van der Waals surface area contributed by atoms with Crippen LogP contribution in [-0.4, -0.2) is 25.5 Å². The first-order valence-corrected chi connectivity index (χ1v) is 10.8. The molecule has 0 bridgehead atoms. The molecule has 3 aromatic rings. The molecule has 162 valence electrons. The van der Waals surface area contributed by atoms with Crippen molar-refractivity contribution in [1.29, 1.82) is 0 Å². The predicted octanol–water partition coefficient (Wildman–Crippen LogP) is 4.63. The molecule has 0 unspecified atom stereocenters. The van der Waals surface area contributed by atoms with E-state index in [9.17, 15) is 14.0 Å². The zero-order chi connectivity index (χ0) is 22.5. The molecular weight excluding hydrogens is 427 g/mol. The van der Waals surface area contributed by atoms with Crippen LogP contribution < -0.4 is 15.0 Å². The van der Waals surface area contributed by atoms with E-state index in [-0.39, 0.29) is 18.4 Å². The zero-order valence-corrected chi connectivity index (χ0v) is 18.2. The lowest BCUT2D eigenvalue weighted by Gasteiger charge is -2.29. The molecule has 0 aromatic heterocycles. The Morgan fingerprint density at radius 1 is 1.06 bits per heavy atom.